The second-order valence-electron chi connectivity index (χ2n) is 1.01. The van der Waals surface area contributed by atoms with Crippen molar-refractivity contribution in [3.63, 3.8) is 0 Å². The predicted octanol–water partition coefficient (Wildman–Crippen LogP) is -2.25. The normalized spacial score (nSPS) is 6.53. The maximum Gasteiger partial charge on any atom is 0.425 e. The second-order valence-corrected chi connectivity index (χ2v) is 2.45. The van der Waals surface area contributed by atoms with Crippen LogP contribution < -0.4 is 5.14 Å². The van der Waals surface area contributed by atoms with E-state index in [1.54, 1.807) is 0 Å². The third-order valence-electron chi connectivity index (χ3n) is 0. The molecule has 0 spiro atoms. The molecule has 0 fully saturated rings. The molecular formula is C4H7NO8S2. The van der Waals surface area contributed by atoms with Crippen molar-refractivity contribution in [3.8, 4) is 0 Å². The van der Waals surface area contributed by atoms with Gasteiger partial charge in [0.25, 0.3) is 0 Å². The van der Waals surface area contributed by atoms with E-state index in [-0.39, 0.29) is 0 Å². The van der Waals surface area contributed by atoms with E-state index >= 15 is 0 Å². The second kappa shape index (κ2) is 18.2. The zero-order valence-corrected chi connectivity index (χ0v) is 8.75. The first-order valence-corrected chi connectivity index (χ1v) is 4.87. The molecule has 9 nitrogen and oxygen atoms in total. The van der Waals surface area contributed by atoms with Crippen LogP contribution in [-0.2, 0) is 30.5 Å². The zero-order chi connectivity index (χ0) is 13.5. The highest BCUT2D eigenvalue weighted by Crippen LogP contribution is 1.50. The van der Waals surface area contributed by atoms with Gasteiger partial charge in [-0.2, -0.15) is 8.42 Å². The molecule has 0 heterocycles. The Morgan fingerprint density at radius 3 is 1.07 bits per heavy atom. The Balaban J connectivity index is -0.0000000553. The topological polar surface area (TPSA) is 166 Å². The van der Waals surface area contributed by atoms with Gasteiger partial charge in [-0.25, -0.2) is 14.7 Å². The van der Waals surface area contributed by atoms with Crippen molar-refractivity contribution in [3.05, 3.63) is 13.2 Å². The van der Waals surface area contributed by atoms with E-state index in [0.717, 1.165) is 0 Å². The highest BCUT2D eigenvalue weighted by atomic mass is 32.2. The lowest BCUT2D eigenvalue weighted by Crippen LogP contribution is -2.08. The van der Waals surface area contributed by atoms with E-state index < -0.39 is 20.9 Å². The molecule has 0 aromatic rings. The van der Waals surface area contributed by atoms with Crippen LogP contribution in [0.2, 0.25) is 0 Å². The average Bonchev–Trinajstić information content (AvgIpc) is 1.82. The van der Waals surface area contributed by atoms with Gasteiger partial charge in [0.2, 0.25) is 0 Å². The Labute approximate surface area is 86.8 Å². The van der Waals surface area contributed by atoms with Crippen LogP contribution >= 0.6 is 0 Å². The van der Waals surface area contributed by atoms with Crippen molar-refractivity contribution < 1.29 is 35.2 Å². The molecule has 0 aliphatic carbocycles. The van der Waals surface area contributed by atoms with E-state index in [2.05, 4.69) is 18.3 Å². The summed E-state index contributed by atoms with van der Waals surface area (Å²) in [5.41, 5.74) is 0. The summed E-state index contributed by atoms with van der Waals surface area (Å²) in [5.74, 6) is 2.50. The molecule has 0 aliphatic heterocycles. The first kappa shape index (κ1) is 23.3. The summed E-state index contributed by atoms with van der Waals surface area (Å²) >= 11 is 0. The number of rotatable bonds is 0. The number of hydrogen-bond donors (Lipinski definition) is 2. The minimum Gasteiger partial charge on any atom is -0.274 e. The number of nitrogens with two attached hydrogens (primary N) is 1. The summed E-state index contributed by atoms with van der Waals surface area (Å²) < 4.78 is 50.5. The summed E-state index contributed by atoms with van der Waals surface area (Å²) in [6.07, 6.45) is 0. The molecule has 15 heavy (non-hydrogen) atoms. The van der Waals surface area contributed by atoms with Gasteiger partial charge in [-0.05, 0) is 13.2 Å². The Kier molecular flexibility index (Phi) is 28.3. The third kappa shape index (κ3) is 516. The number of hydrogen-bond acceptors (Lipinski definition) is 7. The Morgan fingerprint density at radius 2 is 1.07 bits per heavy atom. The van der Waals surface area contributed by atoms with Crippen molar-refractivity contribution in [2.24, 2.45) is 5.14 Å². The summed E-state index contributed by atoms with van der Waals surface area (Å²) in [5, 5.41) is 3.88. The van der Waals surface area contributed by atoms with E-state index in [1.165, 1.54) is 11.9 Å². The molecule has 0 radical (unpaired) electrons. The van der Waals surface area contributed by atoms with Gasteiger partial charge in [0.05, 0.1) is 0 Å². The molecule has 0 atom stereocenters. The van der Waals surface area contributed by atoms with Crippen LogP contribution in [0.25, 0.3) is 0 Å². The quantitative estimate of drug-likeness (QED) is 0.364. The summed E-state index contributed by atoms with van der Waals surface area (Å²) in [7, 11) is -7.28. The SMILES string of the molecule is C=C=O.C=C=O.NS(=O)(=O)O.O=S(=O)=O. The highest BCUT2D eigenvalue weighted by Gasteiger charge is 1.81. The molecule has 0 aliphatic rings. The molecule has 0 saturated carbocycles. The minimum absolute atomic E-state index is 1.25. The van der Waals surface area contributed by atoms with Crippen LogP contribution in [0.4, 0.5) is 0 Å². The van der Waals surface area contributed by atoms with Crippen molar-refractivity contribution in [2.45, 2.75) is 0 Å². The highest BCUT2D eigenvalue weighted by molar-refractivity contribution is 7.83. The van der Waals surface area contributed by atoms with Crippen molar-refractivity contribution in [2.75, 3.05) is 0 Å². The smallest absolute Gasteiger partial charge is 0.274 e. The van der Waals surface area contributed by atoms with E-state index in [4.69, 9.17) is 35.2 Å². The van der Waals surface area contributed by atoms with Gasteiger partial charge in [-0.3, -0.25) is 4.55 Å². The predicted molar refractivity (Wildman–Crippen MR) is 48.1 cm³/mol. The average molecular weight is 261 g/mol. The van der Waals surface area contributed by atoms with Gasteiger partial charge in [-0.15, -0.1) is 12.6 Å². The van der Waals surface area contributed by atoms with Crippen LogP contribution in [0.1, 0.15) is 0 Å². The molecule has 0 saturated heterocycles. The molecule has 3 N–H and O–H groups in total. The monoisotopic (exact) mass is 261 g/mol. The van der Waals surface area contributed by atoms with Crippen molar-refractivity contribution in [1.29, 1.82) is 0 Å². The van der Waals surface area contributed by atoms with Gasteiger partial charge in [0.15, 0.2) is 0 Å². The lowest BCUT2D eigenvalue weighted by molar-refractivity contribution is 0.485. The van der Waals surface area contributed by atoms with Crippen LogP contribution in [0, 0.1) is 0 Å². The van der Waals surface area contributed by atoms with Gasteiger partial charge in [0, 0.05) is 0 Å². The maximum absolute atomic E-state index is 8.97. The van der Waals surface area contributed by atoms with E-state index in [9.17, 15) is 0 Å². The van der Waals surface area contributed by atoms with Crippen LogP contribution in [0.3, 0.4) is 0 Å². The third-order valence-corrected chi connectivity index (χ3v) is 0. The van der Waals surface area contributed by atoms with Crippen molar-refractivity contribution >= 4 is 32.8 Å². The fourth-order valence-corrected chi connectivity index (χ4v) is 0. The first-order chi connectivity index (χ1) is 6.56. The Hall–Kier alpha value is -1.61. The molecule has 0 rings (SSSR count). The van der Waals surface area contributed by atoms with E-state index in [0.29, 0.717) is 0 Å². The van der Waals surface area contributed by atoms with Crippen LogP contribution in [-0.4, -0.2) is 37.5 Å². The van der Waals surface area contributed by atoms with Gasteiger partial charge >= 0.3 is 20.9 Å². The fraction of sp³-hybridized carbons (Fsp3) is 0. The maximum atomic E-state index is 8.97. The zero-order valence-electron chi connectivity index (χ0n) is 7.11. The molecule has 88 valence electrons. The Morgan fingerprint density at radius 1 is 1.07 bits per heavy atom. The lowest BCUT2D eigenvalue weighted by Gasteiger charge is -1.70. The largest absolute Gasteiger partial charge is 0.425 e. The van der Waals surface area contributed by atoms with Gasteiger partial charge < -0.3 is 0 Å². The summed E-state index contributed by atoms with van der Waals surface area (Å²) in [4.78, 5) is 17.1. The minimum atomic E-state index is -4.17. The summed E-state index contributed by atoms with van der Waals surface area (Å²) in [6, 6.07) is 0. The fourth-order valence-electron chi connectivity index (χ4n) is 0. The van der Waals surface area contributed by atoms with Crippen LogP contribution in [0.15, 0.2) is 13.2 Å². The lowest BCUT2D eigenvalue weighted by atomic mass is 11.2. The van der Waals surface area contributed by atoms with Crippen LogP contribution in [0.5, 0.6) is 0 Å². The van der Waals surface area contributed by atoms with Crippen molar-refractivity contribution in [1.82, 2.24) is 0 Å². The molecule has 0 unspecified atom stereocenters. The molecular weight excluding hydrogens is 254 g/mol. The molecule has 0 bridgehead atoms. The standard InChI is InChI=1S/2C2H2O.H3NO3S.O3S/c2*1-2-3;1-5(2,3)4;1-4(2)3/h2*1H2;(H3,1,2,3,4);. The van der Waals surface area contributed by atoms with E-state index in [1.807, 2.05) is 0 Å². The van der Waals surface area contributed by atoms with Gasteiger partial charge in [-0.1, -0.05) is 0 Å². The molecule has 11 heteroatoms. The molecule has 0 aromatic carbocycles. The Bertz CT molecular complexity index is 364. The number of carbonyl (C=O) groups excluding carboxylic acids is 2. The molecule has 0 amide bonds. The first-order valence-electron chi connectivity index (χ1n) is 2.37. The molecule has 0 aromatic heterocycles. The summed E-state index contributed by atoms with van der Waals surface area (Å²) in [6.45, 7) is 5.36. The van der Waals surface area contributed by atoms with Gasteiger partial charge in [0.1, 0.15) is 11.9 Å².